The van der Waals surface area contributed by atoms with Gasteiger partial charge in [-0.3, -0.25) is 4.79 Å². The van der Waals surface area contributed by atoms with Gasteiger partial charge >= 0.3 is 0 Å². The topological polar surface area (TPSA) is 87.0 Å². The summed E-state index contributed by atoms with van der Waals surface area (Å²) in [6.07, 6.45) is 2.43. The summed E-state index contributed by atoms with van der Waals surface area (Å²) in [7, 11) is 4.69. The quantitative estimate of drug-likeness (QED) is 0.357. The molecule has 2 heterocycles. The predicted molar refractivity (Wildman–Crippen MR) is 134 cm³/mol. The molecular weight excluding hydrogens is 487 g/mol. The predicted octanol–water partition coefficient (Wildman–Crippen LogP) is 4.42. The van der Waals surface area contributed by atoms with Gasteiger partial charge < -0.3 is 19.5 Å². The number of amides is 1. The largest absolute Gasteiger partial charge is 0.493 e. The Labute approximate surface area is 213 Å². The van der Waals surface area contributed by atoms with Crippen LogP contribution in [0.5, 0.6) is 17.4 Å². The Morgan fingerprint density at radius 2 is 1.86 bits per heavy atom. The summed E-state index contributed by atoms with van der Waals surface area (Å²) in [6.45, 7) is 2.23. The third kappa shape index (κ3) is 5.06. The lowest BCUT2D eigenvalue weighted by Crippen LogP contribution is -2.25. The zero-order valence-electron chi connectivity index (χ0n) is 20.4. The highest BCUT2D eigenvalue weighted by Crippen LogP contribution is 2.30. The van der Waals surface area contributed by atoms with Crippen LogP contribution in [0.4, 0.5) is 4.39 Å². The lowest BCUT2D eigenvalue weighted by molar-refractivity contribution is 0.0955. The van der Waals surface area contributed by atoms with Gasteiger partial charge in [-0.1, -0.05) is 23.7 Å². The molecule has 0 aliphatic carbocycles. The van der Waals surface area contributed by atoms with E-state index in [0.29, 0.717) is 58.7 Å². The fourth-order valence-corrected chi connectivity index (χ4v) is 4.22. The van der Waals surface area contributed by atoms with Crippen molar-refractivity contribution in [2.24, 2.45) is 0 Å². The summed E-state index contributed by atoms with van der Waals surface area (Å²) in [5, 5.41) is 7.57. The van der Waals surface area contributed by atoms with E-state index in [0.717, 1.165) is 16.7 Å². The van der Waals surface area contributed by atoms with Crippen molar-refractivity contribution in [2.75, 3.05) is 27.9 Å². The lowest BCUT2D eigenvalue weighted by Gasteiger charge is -2.14. The number of carbonyl (C=O) groups excluding carboxylic acids is 1. The second kappa shape index (κ2) is 10.8. The van der Waals surface area contributed by atoms with E-state index in [4.69, 9.17) is 25.8 Å². The molecule has 8 nitrogen and oxygen atoms in total. The van der Waals surface area contributed by atoms with E-state index < -0.39 is 5.82 Å². The van der Waals surface area contributed by atoms with Crippen molar-refractivity contribution in [3.8, 4) is 17.4 Å². The fourth-order valence-electron chi connectivity index (χ4n) is 3.99. The Hall–Kier alpha value is -3.85. The van der Waals surface area contributed by atoms with Crippen LogP contribution in [0.3, 0.4) is 0 Å². The minimum Gasteiger partial charge on any atom is -0.493 e. The maximum atomic E-state index is 13.5. The minimum absolute atomic E-state index is 0.297. The van der Waals surface area contributed by atoms with Crippen molar-refractivity contribution in [2.45, 2.75) is 19.8 Å². The molecule has 0 saturated heterocycles. The third-order valence-corrected chi connectivity index (χ3v) is 6.22. The molecule has 0 radical (unpaired) electrons. The van der Waals surface area contributed by atoms with Gasteiger partial charge in [-0.15, -0.1) is 0 Å². The molecule has 4 rings (SSSR count). The molecule has 10 heteroatoms. The smallest absolute Gasteiger partial charge is 0.256 e. The van der Waals surface area contributed by atoms with Crippen LogP contribution in [0.2, 0.25) is 5.02 Å². The summed E-state index contributed by atoms with van der Waals surface area (Å²) >= 11 is 6.23. The Morgan fingerprint density at radius 3 is 2.56 bits per heavy atom. The van der Waals surface area contributed by atoms with E-state index in [-0.39, 0.29) is 5.91 Å². The van der Waals surface area contributed by atoms with Gasteiger partial charge in [0.15, 0.2) is 17.1 Å². The highest BCUT2D eigenvalue weighted by Gasteiger charge is 2.21. The number of aromatic nitrogens is 3. The zero-order valence-corrected chi connectivity index (χ0v) is 21.1. The van der Waals surface area contributed by atoms with Crippen molar-refractivity contribution >= 4 is 23.2 Å². The molecule has 0 aliphatic rings. The maximum absolute atomic E-state index is 13.5. The highest BCUT2D eigenvalue weighted by molar-refractivity contribution is 6.31. The first-order chi connectivity index (χ1) is 17.4. The minimum atomic E-state index is -0.408. The van der Waals surface area contributed by atoms with Crippen LogP contribution >= 0.6 is 11.6 Å². The number of benzene rings is 2. The third-order valence-electron chi connectivity index (χ3n) is 5.87. The van der Waals surface area contributed by atoms with Gasteiger partial charge in [-0.2, -0.15) is 9.61 Å². The van der Waals surface area contributed by atoms with E-state index in [1.54, 1.807) is 20.3 Å². The SMILES string of the molecule is COc1ccc(CCNC(=O)c2cnn3c(OC)c(Cc4ccc(F)cc4Cl)c(C)nc23)cc1OC. The number of halogens is 2. The molecule has 2 aromatic heterocycles. The van der Waals surface area contributed by atoms with E-state index in [2.05, 4.69) is 15.4 Å². The average Bonchev–Trinajstić information content (AvgIpc) is 3.29. The first kappa shape index (κ1) is 25.2. The van der Waals surface area contributed by atoms with E-state index in [1.165, 1.54) is 30.0 Å². The van der Waals surface area contributed by atoms with E-state index in [9.17, 15) is 9.18 Å². The number of ether oxygens (including phenoxy) is 3. The van der Waals surface area contributed by atoms with Crippen molar-refractivity contribution in [1.29, 1.82) is 0 Å². The number of nitrogens with zero attached hydrogens (tertiary/aromatic N) is 3. The molecule has 0 spiro atoms. The second-order valence-electron chi connectivity index (χ2n) is 8.09. The number of aryl methyl sites for hydroxylation is 1. The fraction of sp³-hybridized carbons (Fsp3) is 0.269. The first-order valence-corrected chi connectivity index (χ1v) is 11.6. The summed E-state index contributed by atoms with van der Waals surface area (Å²) in [4.78, 5) is 17.6. The second-order valence-corrected chi connectivity index (χ2v) is 8.49. The molecule has 0 aliphatic heterocycles. The van der Waals surface area contributed by atoms with Gasteiger partial charge in [0.25, 0.3) is 5.91 Å². The Bertz CT molecular complexity index is 1420. The summed E-state index contributed by atoms with van der Waals surface area (Å²) < 4.78 is 31.2. The number of hydrogen-bond donors (Lipinski definition) is 1. The first-order valence-electron chi connectivity index (χ1n) is 11.2. The molecular formula is C26H26ClFN4O4. The molecule has 4 aromatic rings. The number of methoxy groups -OCH3 is 3. The molecule has 0 bridgehead atoms. The highest BCUT2D eigenvalue weighted by atomic mass is 35.5. The van der Waals surface area contributed by atoms with Crippen LogP contribution in [-0.4, -0.2) is 48.4 Å². The Morgan fingerprint density at radius 1 is 1.08 bits per heavy atom. The number of carbonyl (C=O) groups is 1. The van der Waals surface area contributed by atoms with Gasteiger partial charge in [0.1, 0.15) is 11.4 Å². The van der Waals surface area contributed by atoms with Gasteiger partial charge in [-0.25, -0.2) is 9.37 Å². The van der Waals surface area contributed by atoms with Crippen LogP contribution < -0.4 is 19.5 Å². The van der Waals surface area contributed by atoms with E-state index >= 15 is 0 Å². The molecule has 1 amide bonds. The molecule has 0 saturated carbocycles. The number of rotatable bonds is 9. The normalized spacial score (nSPS) is 10.9. The van der Waals surface area contributed by atoms with Gasteiger partial charge in [0.05, 0.1) is 27.5 Å². The summed E-state index contributed by atoms with van der Waals surface area (Å²) in [5.41, 5.74) is 3.81. The zero-order chi connectivity index (χ0) is 25.8. The average molecular weight is 513 g/mol. The molecule has 0 fully saturated rings. The van der Waals surface area contributed by atoms with Gasteiger partial charge in [-0.05, 0) is 48.7 Å². The number of hydrogen-bond acceptors (Lipinski definition) is 6. The monoisotopic (exact) mass is 512 g/mol. The molecule has 0 unspecified atom stereocenters. The van der Waals surface area contributed by atoms with Crippen LogP contribution in [0, 0.1) is 12.7 Å². The molecule has 36 heavy (non-hydrogen) atoms. The van der Waals surface area contributed by atoms with Crippen LogP contribution in [0.1, 0.15) is 32.7 Å². The van der Waals surface area contributed by atoms with Crippen molar-refractivity contribution in [3.05, 3.63) is 81.4 Å². The van der Waals surface area contributed by atoms with Crippen LogP contribution in [0.15, 0.2) is 42.6 Å². The van der Waals surface area contributed by atoms with E-state index in [1.807, 2.05) is 25.1 Å². The Kier molecular flexibility index (Phi) is 7.59. The molecule has 2 aromatic carbocycles. The summed E-state index contributed by atoms with van der Waals surface area (Å²) in [5.74, 6) is 1.01. The van der Waals surface area contributed by atoms with Crippen LogP contribution in [0.25, 0.3) is 5.65 Å². The van der Waals surface area contributed by atoms with Gasteiger partial charge in [0, 0.05) is 29.2 Å². The number of fused-ring (bicyclic) bond motifs is 1. The Balaban J connectivity index is 1.54. The standard InChI is InChI=1S/C26H26ClFN4O4/c1-15-19(12-17-6-7-18(28)13-21(17)27)26(36-4)32-24(31-15)20(14-30-32)25(33)29-10-9-16-5-8-22(34-2)23(11-16)35-3/h5-8,11,13-14H,9-10,12H2,1-4H3,(H,29,33). The maximum Gasteiger partial charge on any atom is 0.256 e. The molecule has 188 valence electrons. The van der Waals surface area contributed by atoms with Crippen molar-refractivity contribution in [1.82, 2.24) is 19.9 Å². The molecule has 1 N–H and O–H groups in total. The molecule has 0 atom stereocenters. The summed E-state index contributed by atoms with van der Waals surface area (Å²) in [6, 6.07) is 9.88. The number of nitrogens with one attached hydrogen (secondary N) is 1. The van der Waals surface area contributed by atoms with Gasteiger partial charge in [0.2, 0.25) is 5.88 Å². The lowest BCUT2D eigenvalue weighted by atomic mass is 10.0. The van der Waals surface area contributed by atoms with Crippen LogP contribution in [-0.2, 0) is 12.8 Å². The van der Waals surface area contributed by atoms with Crippen molar-refractivity contribution < 1.29 is 23.4 Å². The van der Waals surface area contributed by atoms with Crippen molar-refractivity contribution in [3.63, 3.8) is 0 Å².